The van der Waals surface area contributed by atoms with Gasteiger partial charge in [0.15, 0.2) is 5.84 Å². The number of allylic oxidation sites excluding steroid dienone is 1. The lowest BCUT2D eigenvalue weighted by Gasteiger charge is -2.16. The highest BCUT2D eigenvalue weighted by Gasteiger charge is 2.25. The Morgan fingerprint density at radius 2 is 1.27 bits per heavy atom. The predicted octanol–water partition coefficient (Wildman–Crippen LogP) is 6.16. The van der Waals surface area contributed by atoms with E-state index in [-0.39, 0.29) is 0 Å². The molecule has 0 fully saturated rings. The Balaban J connectivity index is 1.69. The third kappa shape index (κ3) is 4.00. The minimum Gasteiger partial charge on any atom is -0.396 e. The van der Waals surface area contributed by atoms with Crippen molar-refractivity contribution in [3.8, 4) is 0 Å². The van der Waals surface area contributed by atoms with Crippen LogP contribution in [0.5, 0.6) is 0 Å². The molecule has 5 heterocycles. The lowest BCUT2D eigenvalue weighted by Crippen LogP contribution is -2.26. The molecule has 40 heavy (non-hydrogen) atoms. The molecule has 0 bridgehead atoms. The fourth-order valence-corrected chi connectivity index (χ4v) is 5.81. The molecule has 3 N–H and O–H groups in total. The zero-order valence-electron chi connectivity index (χ0n) is 25.5. The van der Waals surface area contributed by atoms with Crippen molar-refractivity contribution in [3.05, 3.63) is 73.5 Å². The van der Waals surface area contributed by atoms with Crippen LogP contribution in [0.15, 0.2) is 21.8 Å². The maximum Gasteiger partial charge on any atom is 0.176 e. The second-order valence-corrected chi connectivity index (χ2v) is 11.1. The average Bonchev–Trinajstić information content (AvgIpc) is 3.49. The molecule has 4 aromatic rings. The number of amidine groups is 1. The highest BCUT2D eigenvalue weighted by atomic mass is 15.3. The van der Waals surface area contributed by atoms with Gasteiger partial charge in [-0.2, -0.15) is 10.2 Å². The molecule has 4 aromatic heterocycles. The van der Waals surface area contributed by atoms with Crippen LogP contribution in [0.3, 0.4) is 0 Å². The Morgan fingerprint density at radius 3 is 1.85 bits per heavy atom. The number of fused-ring (bicyclic) bond motifs is 2. The first-order valence-corrected chi connectivity index (χ1v) is 14.1. The standard InChI is InChI=1S/C32H40N8/c1-11-26-23(30-19(7)15(3)17(5)21(9)39(30)37-26)13-28-24(33)14-25(34)32(35-28)36-29-27(12-2)38-40-22(10)18(6)16(4)20(8)31(29)40/h14,33H,11-13,34H2,1-10H3. The van der Waals surface area contributed by atoms with Gasteiger partial charge in [0.05, 0.1) is 39.5 Å². The summed E-state index contributed by atoms with van der Waals surface area (Å²) in [6.45, 7) is 21.3. The number of rotatable bonds is 5. The molecular formula is C32H40N8. The van der Waals surface area contributed by atoms with Crippen LogP contribution in [0.25, 0.3) is 11.0 Å². The summed E-state index contributed by atoms with van der Waals surface area (Å²) in [5, 5.41) is 18.7. The largest absolute Gasteiger partial charge is 0.396 e. The maximum atomic E-state index is 8.76. The van der Waals surface area contributed by atoms with Crippen molar-refractivity contribution in [1.29, 1.82) is 5.41 Å². The first-order chi connectivity index (χ1) is 18.9. The molecule has 0 spiro atoms. The number of aliphatic imine (C=N–C) groups is 2. The molecule has 0 unspecified atom stereocenters. The predicted molar refractivity (Wildman–Crippen MR) is 165 cm³/mol. The summed E-state index contributed by atoms with van der Waals surface area (Å²) < 4.78 is 4.08. The summed E-state index contributed by atoms with van der Waals surface area (Å²) in [6.07, 6.45) is 3.70. The molecule has 8 nitrogen and oxygen atoms in total. The summed E-state index contributed by atoms with van der Waals surface area (Å²) in [7, 11) is 0. The van der Waals surface area contributed by atoms with Crippen LogP contribution in [-0.4, -0.2) is 36.5 Å². The molecule has 0 radical (unpaired) electrons. The number of aromatic nitrogens is 4. The molecular weight excluding hydrogens is 496 g/mol. The third-order valence-corrected chi connectivity index (χ3v) is 9.02. The quantitative estimate of drug-likeness (QED) is 0.319. The molecule has 0 saturated heterocycles. The first kappa shape index (κ1) is 27.5. The van der Waals surface area contributed by atoms with Crippen molar-refractivity contribution in [2.75, 3.05) is 0 Å². The van der Waals surface area contributed by atoms with E-state index in [0.29, 0.717) is 29.4 Å². The van der Waals surface area contributed by atoms with E-state index in [2.05, 4.69) is 73.8 Å². The SMILES string of the molecule is CCc1nn2c(C)c(C)c(C)c(C)c2c1CC1=NC(=Nc2c(CC)nn3c(C)c(C)c(C)c(C)c23)C(N)=CC1=N. The number of nitrogens with zero attached hydrogens (tertiary/aromatic N) is 6. The molecule has 1 aliphatic rings. The molecule has 1 aliphatic heterocycles. The van der Waals surface area contributed by atoms with Gasteiger partial charge in [0.2, 0.25) is 0 Å². The number of nitrogens with one attached hydrogen (secondary N) is 1. The highest BCUT2D eigenvalue weighted by Crippen LogP contribution is 2.34. The average molecular weight is 537 g/mol. The monoisotopic (exact) mass is 536 g/mol. The van der Waals surface area contributed by atoms with Gasteiger partial charge in [-0.3, -0.25) is 5.41 Å². The minimum atomic E-state index is 0.310. The van der Waals surface area contributed by atoms with E-state index in [1.165, 1.54) is 27.8 Å². The number of dihydropyridines is 1. The van der Waals surface area contributed by atoms with Crippen molar-refractivity contribution in [2.45, 2.75) is 88.5 Å². The van der Waals surface area contributed by atoms with E-state index in [9.17, 15) is 0 Å². The molecule has 0 aromatic carbocycles. The Morgan fingerprint density at radius 1 is 0.750 bits per heavy atom. The van der Waals surface area contributed by atoms with E-state index in [0.717, 1.165) is 63.5 Å². The van der Waals surface area contributed by atoms with Crippen molar-refractivity contribution < 1.29 is 0 Å². The normalized spacial score (nSPS) is 15.1. The van der Waals surface area contributed by atoms with Crippen LogP contribution in [0, 0.1) is 60.8 Å². The smallest absolute Gasteiger partial charge is 0.176 e. The van der Waals surface area contributed by atoms with Gasteiger partial charge in [0.1, 0.15) is 5.69 Å². The molecule has 0 aliphatic carbocycles. The topological polar surface area (TPSA) is 109 Å². The minimum absolute atomic E-state index is 0.310. The van der Waals surface area contributed by atoms with Crippen molar-refractivity contribution in [1.82, 2.24) is 19.2 Å². The molecule has 0 saturated carbocycles. The molecule has 208 valence electrons. The van der Waals surface area contributed by atoms with Gasteiger partial charge in [-0.15, -0.1) is 0 Å². The van der Waals surface area contributed by atoms with Gasteiger partial charge < -0.3 is 5.73 Å². The van der Waals surface area contributed by atoms with Crippen LogP contribution in [-0.2, 0) is 19.3 Å². The fraction of sp³-hybridized carbons (Fsp3) is 0.406. The van der Waals surface area contributed by atoms with E-state index < -0.39 is 0 Å². The van der Waals surface area contributed by atoms with Crippen LogP contribution in [0.2, 0.25) is 0 Å². The Bertz CT molecular complexity index is 1840. The van der Waals surface area contributed by atoms with Crippen LogP contribution < -0.4 is 5.73 Å². The number of hydrogen-bond acceptors (Lipinski definition) is 5. The van der Waals surface area contributed by atoms with Gasteiger partial charge in [0, 0.05) is 23.4 Å². The summed E-state index contributed by atoms with van der Waals surface area (Å²) in [6, 6.07) is 0. The second kappa shape index (κ2) is 9.84. The van der Waals surface area contributed by atoms with Crippen LogP contribution >= 0.6 is 0 Å². The number of hydrogen-bond donors (Lipinski definition) is 2. The summed E-state index contributed by atoms with van der Waals surface area (Å²) in [4.78, 5) is 9.96. The fourth-order valence-electron chi connectivity index (χ4n) is 5.81. The molecule has 8 heteroatoms. The van der Waals surface area contributed by atoms with Crippen LogP contribution in [0.4, 0.5) is 5.69 Å². The summed E-state index contributed by atoms with van der Waals surface area (Å²) in [5.41, 5.74) is 23.4. The van der Waals surface area contributed by atoms with E-state index >= 15 is 0 Å². The van der Waals surface area contributed by atoms with Gasteiger partial charge in [-0.1, -0.05) is 13.8 Å². The van der Waals surface area contributed by atoms with Crippen molar-refractivity contribution >= 4 is 34.0 Å². The van der Waals surface area contributed by atoms with Crippen molar-refractivity contribution in [3.63, 3.8) is 0 Å². The van der Waals surface area contributed by atoms with Crippen LogP contribution in [0.1, 0.15) is 75.6 Å². The molecule has 0 atom stereocenters. The summed E-state index contributed by atoms with van der Waals surface area (Å²) >= 11 is 0. The van der Waals surface area contributed by atoms with Gasteiger partial charge in [0.25, 0.3) is 0 Å². The number of nitrogens with two attached hydrogens (primary N) is 1. The lowest BCUT2D eigenvalue weighted by molar-refractivity contribution is 0.851. The first-order valence-electron chi connectivity index (χ1n) is 14.1. The Hall–Kier alpha value is -4.07. The van der Waals surface area contributed by atoms with Gasteiger partial charge in [-0.25, -0.2) is 19.0 Å². The Labute approximate surface area is 236 Å². The molecule has 5 rings (SSSR count). The maximum absolute atomic E-state index is 8.76. The van der Waals surface area contributed by atoms with Gasteiger partial charge in [-0.05, 0) is 108 Å². The second-order valence-electron chi connectivity index (χ2n) is 11.1. The van der Waals surface area contributed by atoms with Crippen molar-refractivity contribution in [2.24, 2.45) is 15.7 Å². The number of pyridine rings is 2. The third-order valence-electron chi connectivity index (χ3n) is 9.02. The van der Waals surface area contributed by atoms with Gasteiger partial charge >= 0.3 is 0 Å². The summed E-state index contributed by atoms with van der Waals surface area (Å²) in [5.74, 6) is 0.431. The van der Waals surface area contributed by atoms with E-state index in [4.69, 9.17) is 31.3 Å². The highest BCUT2D eigenvalue weighted by molar-refractivity contribution is 6.49. The number of aryl methyl sites for hydroxylation is 6. The Kier molecular flexibility index (Phi) is 6.76. The van der Waals surface area contributed by atoms with E-state index in [1.807, 2.05) is 4.52 Å². The molecule has 0 amide bonds. The zero-order chi connectivity index (χ0) is 29.2. The lowest BCUT2D eigenvalue weighted by atomic mass is 9.96. The zero-order valence-corrected chi connectivity index (χ0v) is 25.5. The van der Waals surface area contributed by atoms with E-state index in [1.54, 1.807) is 6.08 Å².